The Hall–Kier alpha value is -2.15. The molecule has 0 fully saturated rings. The van der Waals surface area contributed by atoms with Gasteiger partial charge in [-0.1, -0.05) is 32.5 Å². The van der Waals surface area contributed by atoms with Crippen LogP contribution >= 0.6 is 34.4 Å². The van der Waals surface area contributed by atoms with Crippen LogP contribution in [0, 0.1) is 11.3 Å². The first kappa shape index (κ1) is 20.6. The Labute approximate surface area is 176 Å². The number of carbonyl (C=O) groups is 1. The van der Waals surface area contributed by atoms with Gasteiger partial charge in [0.15, 0.2) is 11.0 Å². The molecule has 0 saturated heterocycles. The van der Waals surface area contributed by atoms with E-state index in [0.29, 0.717) is 16.5 Å². The Balaban J connectivity index is 1.72. The minimum Gasteiger partial charge on any atom is -0.316 e. The quantitative estimate of drug-likeness (QED) is 0.495. The van der Waals surface area contributed by atoms with Gasteiger partial charge in [-0.15, -0.1) is 32.9 Å². The summed E-state index contributed by atoms with van der Waals surface area (Å²) in [6.07, 6.45) is 0.951. The van der Waals surface area contributed by atoms with E-state index in [1.165, 1.54) is 28.0 Å². The smallest absolute Gasteiger partial charge is 0.235 e. The average molecular weight is 432 g/mol. The van der Waals surface area contributed by atoms with Crippen LogP contribution in [0.5, 0.6) is 0 Å². The summed E-state index contributed by atoms with van der Waals surface area (Å²) in [4.78, 5) is 13.6. The first-order valence-corrected chi connectivity index (χ1v) is 11.7. The first-order chi connectivity index (χ1) is 13.5. The van der Waals surface area contributed by atoms with Gasteiger partial charge in [-0.05, 0) is 29.9 Å². The molecule has 6 nitrogen and oxygen atoms in total. The number of hydrogen-bond donors (Lipinski definition) is 1. The Bertz CT molecular complexity index is 996. The molecule has 0 unspecified atom stereocenters. The van der Waals surface area contributed by atoms with E-state index in [2.05, 4.69) is 58.4 Å². The van der Waals surface area contributed by atoms with Crippen molar-refractivity contribution in [1.82, 2.24) is 14.8 Å². The van der Waals surface area contributed by atoms with Crippen molar-refractivity contribution < 1.29 is 4.79 Å². The van der Waals surface area contributed by atoms with Crippen molar-refractivity contribution in [3.05, 3.63) is 33.3 Å². The van der Waals surface area contributed by atoms with E-state index < -0.39 is 0 Å². The molecular weight excluding hydrogens is 410 g/mol. The largest absolute Gasteiger partial charge is 0.316 e. The molecule has 0 spiro atoms. The topological polar surface area (TPSA) is 83.6 Å². The van der Waals surface area contributed by atoms with Crippen LogP contribution < -0.4 is 5.32 Å². The molecule has 146 valence electrons. The molecule has 3 aromatic heterocycles. The normalized spacial score (nSPS) is 11.0. The summed E-state index contributed by atoms with van der Waals surface area (Å²) in [6.45, 7) is 7.26. The zero-order valence-corrected chi connectivity index (χ0v) is 18.4. The van der Waals surface area contributed by atoms with E-state index in [0.717, 1.165) is 29.5 Å². The van der Waals surface area contributed by atoms with Crippen LogP contribution in [0.25, 0.3) is 11.4 Å². The molecule has 3 rings (SSSR count). The Morgan fingerprint density at radius 1 is 1.39 bits per heavy atom. The minimum atomic E-state index is -0.158. The summed E-state index contributed by atoms with van der Waals surface area (Å²) in [7, 11) is 0. The second-order valence-electron chi connectivity index (χ2n) is 6.46. The van der Waals surface area contributed by atoms with Gasteiger partial charge in [0.1, 0.15) is 11.1 Å². The average Bonchev–Trinajstić information content (AvgIpc) is 3.39. The number of nitriles is 1. The highest BCUT2D eigenvalue weighted by Gasteiger charge is 2.17. The first-order valence-electron chi connectivity index (χ1n) is 8.95. The lowest BCUT2D eigenvalue weighted by Crippen LogP contribution is -2.14. The molecule has 0 bridgehead atoms. The summed E-state index contributed by atoms with van der Waals surface area (Å²) in [6, 6.07) is 5.95. The van der Waals surface area contributed by atoms with E-state index in [4.69, 9.17) is 5.26 Å². The Morgan fingerprint density at radius 3 is 2.89 bits per heavy atom. The number of nitrogens with one attached hydrogen (secondary N) is 1. The van der Waals surface area contributed by atoms with Crippen molar-refractivity contribution in [2.45, 2.75) is 44.8 Å². The number of carbonyl (C=O) groups excluding carboxylic acids is 1. The molecule has 1 amide bonds. The lowest BCUT2D eigenvalue weighted by atomic mass is 10.1. The summed E-state index contributed by atoms with van der Waals surface area (Å²) >= 11 is 4.44. The predicted molar refractivity (Wildman–Crippen MR) is 116 cm³/mol. The van der Waals surface area contributed by atoms with Crippen molar-refractivity contribution in [3.63, 3.8) is 0 Å². The summed E-state index contributed by atoms with van der Waals surface area (Å²) in [5, 5.41) is 25.8. The van der Waals surface area contributed by atoms with E-state index in [-0.39, 0.29) is 11.7 Å². The number of aromatic nitrogens is 3. The molecule has 9 heteroatoms. The summed E-state index contributed by atoms with van der Waals surface area (Å²) in [5.74, 6) is 1.38. The standard InChI is InChI=1S/C19H21N5OS3/c1-4-6-24-17(14-8-15(12(2)3)27-10-14)22-23-19(24)28-11-16(25)21-18-13(9-20)5-7-26-18/h5,7-8,10,12H,4,6,11H2,1-3H3,(H,21,25). The fraction of sp³-hybridized carbons (Fsp3) is 0.368. The molecule has 3 aromatic rings. The van der Waals surface area contributed by atoms with Crippen LogP contribution in [0.15, 0.2) is 28.0 Å². The van der Waals surface area contributed by atoms with E-state index in [1.54, 1.807) is 22.8 Å². The third-order valence-corrected chi connectivity index (χ3v) is 7.01. The fourth-order valence-electron chi connectivity index (χ4n) is 2.59. The number of nitrogens with zero attached hydrogens (tertiary/aromatic N) is 4. The number of anilines is 1. The molecule has 1 N–H and O–H groups in total. The van der Waals surface area contributed by atoms with Gasteiger partial charge in [-0.2, -0.15) is 5.26 Å². The molecule has 0 aliphatic rings. The predicted octanol–water partition coefficient (Wildman–Crippen LogP) is 5.20. The van der Waals surface area contributed by atoms with Crippen LogP contribution in [-0.2, 0) is 11.3 Å². The highest BCUT2D eigenvalue weighted by molar-refractivity contribution is 7.99. The molecule has 0 atom stereocenters. The second kappa shape index (κ2) is 9.37. The van der Waals surface area contributed by atoms with Gasteiger partial charge < -0.3 is 9.88 Å². The van der Waals surface area contributed by atoms with Gasteiger partial charge in [0.2, 0.25) is 5.91 Å². The van der Waals surface area contributed by atoms with Crippen LogP contribution in [0.3, 0.4) is 0 Å². The van der Waals surface area contributed by atoms with E-state index in [9.17, 15) is 4.79 Å². The highest BCUT2D eigenvalue weighted by Crippen LogP contribution is 2.31. The SMILES string of the molecule is CCCn1c(SCC(=O)Nc2sccc2C#N)nnc1-c1csc(C(C)C)c1. The van der Waals surface area contributed by atoms with E-state index in [1.807, 2.05) is 0 Å². The maximum Gasteiger partial charge on any atom is 0.235 e. The number of amides is 1. The van der Waals surface area contributed by atoms with E-state index >= 15 is 0 Å². The zero-order chi connectivity index (χ0) is 20.1. The molecule has 0 radical (unpaired) electrons. The zero-order valence-electron chi connectivity index (χ0n) is 15.9. The van der Waals surface area contributed by atoms with Gasteiger partial charge in [0.25, 0.3) is 0 Å². The summed E-state index contributed by atoms with van der Waals surface area (Å²) in [5.41, 5.74) is 1.56. The van der Waals surface area contributed by atoms with Gasteiger partial charge in [-0.3, -0.25) is 4.79 Å². The van der Waals surface area contributed by atoms with Gasteiger partial charge in [-0.25, -0.2) is 0 Å². The van der Waals surface area contributed by atoms with Gasteiger partial charge >= 0.3 is 0 Å². The number of rotatable bonds is 8. The van der Waals surface area contributed by atoms with Crippen LogP contribution in [0.4, 0.5) is 5.00 Å². The highest BCUT2D eigenvalue weighted by atomic mass is 32.2. The van der Waals surface area contributed by atoms with Crippen molar-refractivity contribution >= 4 is 45.3 Å². The van der Waals surface area contributed by atoms with Crippen LogP contribution in [-0.4, -0.2) is 26.4 Å². The lowest BCUT2D eigenvalue weighted by Gasteiger charge is -2.08. The number of thiophene rings is 2. The maximum atomic E-state index is 12.3. The third-order valence-electron chi connectivity index (χ3n) is 3.98. The van der Waals surface area contributed by atoms with Gasteiger partial charge in [0, 0.05) is 22.4 Å². The third kappa shape index (κ3) is 4.63. The molecule has 28 heavy (non-hydrogen) atoms. The monoisotopic (exact) mass is 431 g/mol. The van der Waals surface area contributed by atoms with Crippen molar-refractivity contribution in [2.24, 2.45) is 0 Å². The van der Waals surface area contributed by atoms with Crippen molar-refractivity contribution in [3.8, 4) is 17.5 Å². The maximum absolute atomic E-state index is 12.3. The molecule has 0 saturated carbocycles. The van der Waals surface area contributed by atoms with Crippen molar-refractivity contribution in [2.75, 3.05) is 11.1 Å². The fourth-order valence-corrected chi connectivity index (χ4v) is 5.02. The number of hydrogen-bond acceptors (Lipinski definition) is 7. The van der Waals surface area contributed by atoms with Crippen LogP contribution in [0.2, 0.25) is 0 Å². The summed E-state index contributed by atoms with van der Waals surface area (Å²) < 4.78 is 2.08. The molecule has 0 aliphatic carbocycles. The lowest BCUT2D eigenvalue weighted by molar-refractivity contribution is -0.113. The molecule has 3 heterocycles. The minimum absolute atomic E-state index is 0.158. The Morgan fingerprint density at radius 2 is 2.21 bits per heavy atom. The Kier molecular flexibility index (Phi) is 6.88. The second-order valence-corrected chi connectivity index (χ2v) is 9.26. The van der Waals surface area contributed by atoms with Gasteiger partial charge in [0.05, 0.1) is 11.3 Å². The molecule has 0 aromatic carbocycles. The number of thioether (sulfide) groups is 1. The van der Waals surface area contributed by atoms with Crippen molar-refractivity contribution in [1.29, 1.82) is 5.26 Å². The molecular formula is C19H21N5OS3. The molecule has 0 aliphatic heterocycles. The van der Waals surface area contributed by atoms with Crippen LogP contribution in [0.1, 0.15) is 43.6 Å².